The van der Waals surface area contributed by atoms with Crippen molar-refractivity contribution >= 4 is 23.5 Å². The minimum Gasteiger partial charge on any atom is -0.478 e. The van der Waals surface area contributed by atoms with Crippen LogP contribution in [0.4, 0.5) is 5.69 Å². The number of amides is 2. The molecule has 2 unspecified atom stereocenters. The minimum absolute atomic E-state index is 0.110. The molecule has 6 nitrogen and oxygen atoms in total. The molecule has 0 radical (unpaired) electrons. The van der Waals surface area contributed by atoms with Crippen molar-refractivity contribution in [2.75, 3.05) is 11.9 Å². The molecule has 22 heavy (non-hydrogen) atoms. The molecule has 1 aliphatic heterocycles. The monoisotopic (exact) mass is 304 g/mol. The van der Waals surface area contributed by atoms with Crippen molar-refractivity contribution in [2.24, 2.45) is 5.92 Å². The SMILES string of the molecule is CCC1CC(C(=O)Nc2cccc(C(=O)O)c2)N(C(C)=O)C1. The van der Waals surface area contributed by atoms with Crippen LogP contribution in [0, 0.1) is 5.92 Å². The Labute approximate surface area is 129 Å². The second-order valence-electron chi connectivity index (χ2n) is 5.57. The van der Waals surface area contributed by atoms with E-state index >= 15 is 0 Å². The molecule has 2 N–H and O–H groups in total. The summed E-state index contributed by atoms with van der Waals surface area (Å²) in [5.41, 5.74) is 0.535. The minimum atomic E-state index is -1.05. The molecule has 1 saturated heterocycles. The molecule has 1 heterocycles. The molecule has 0 bridgehead atoms. The smallest absolute Gasteiger partial charge is 0.335 e. The number of carbonyl (C=O) groups excluding carboxylic acids is 2. The zero-order valence-electron chi connectivity index (χ0n) is 12.7. The highest BCUT2D eigenvalue weighted by Gasteiger charge is 2.37. The molecular weight excluding hydrogens is 284 g/mol. The molecule has 2 amide bonds. The maximum Gasteiger partial charge on any atom is 0.335 e. The Kier molecular flexibility index (Phi) is 4.80. The van der Waals surface area contributed by atoms with Gasteiger partial charge in [-0.1, -0.05) is 19.4 Å². The summed E-state index contributed by atoms with van der Waals surface area (Å²) in [4.78, 5) is 36.6. The van der Waals surface area contributed by atoms with Gasteiger partial charge in [0.1, 0.15) is 6.04 Å². The van der Waals surface area contributed by atoms with Gasteiger partial charge in [0.2, 0.25) is 11.8 Å². The predicted molar refractivity (Wildman–Crippen MR) is 81.6 cm³/mol. The Bertz CT molecular complexity index is 600. The number of hydrogen-bond acceptors (Lipinski definition) is 3. The summed E-state index contributed by atoms with van der Waals surface area (Å²) < 4.78 is 0. The summed E-state index contributed by atoms with van der Waals surface area (Å²) in [6.07, 6.45) is 1.56. The molecule has 2 rings (SSSR count). The van der Waals surface area contributed by atoms with Gasteiger partial charge in [0, 0.05) is 19.2 Å². The van der Waals surface area contributed by atoms with Crippen molar-refractivity contribution in [3.63, 3.8) is 0 Å². The number of carboxylic acid groups (broad SMARTS) is 1. The van der Waals surface area contributed by atoms with E-state index in [9.17, 15) is 14.4 Å². The average molecular weight is 304 g/mol. The second-order valence-corrected chi connectivity index (χ2v) is 5.57. The van der Waals surface area contributed by atoms with Crippen LogP contribution in [0.15, 0.2) is 24.3 Å². The van der Waals surface area contributed by atoms with Crippen LogP contribution in [0.3, 0.4) is 0 Å². The Morgan fingerprint density at radius 1 is 1.36 bits per heavy atom. The number of nitrogens with zero attached hydrogens (tertiary/aromatic N) is 1. The Morgan fingerprint density at radius 3 is 2.68 bits per heavy atom. The summed E-state index contributed by atoms with van der Waals surface area (Å²) >= 11 is 0. The summed E-state index contributed by atoms with van der Waals surface area (Å²) in [5.74, 6) is -1.11. The lowest BCUT2D eigenvalue weighted by atomic mass is 10.0. The fraction of sp³-hybridized carbons (Fsp3) is 0.438. The Morgan fingerprint density at radius 2 is 2.09 bits per heavy atom. The summed E-state index contributed by atoms with van der Waals surface area (Å²) in [6, 6.07) is 5.59. The lowest BCUT2D eigenvalue weighted by molar-refractivity contribution is -0.134. The van der Waals surface area contributed by atoms with Gasteiger partial charge in [0.25, 0.3) is 0 Å². The number of hydrogen-bond donors (Lipinski definition) is 2. The molecule has 1 aliphatic rings. The van der Waals surface area contributed by atoms with E-state index in [-0.39, 0.29) is 17.4 Å². The van der Waals surface area contributed by atoms with Gasteiger partial charge in [-0.05, 0) is 30.5 Å². The lowest BCUT2D eigenvalue weighted by Gasteiger charge is -2.22. The molecule has 6 heteroatoms. The number of carboxylic acids is 1. The largest absolute Gasteiger partial charge is 0.478 e. The lowest BCUT2D eigenvalue weighted by Crippen LogP contribution is -2.42. The van der Waals surface area contributed by atoms with E-state index in [4.69, 9.17) is 5.11 Å². The van der Waals surface area contributed by atoms with E-state index in [2.05, 4.69) is 5.32 Å². The third kappa shape index (κ3) is 3.44. The highest BCUT2D eigenvalue weighted by Crippen LogP contribution is 2.26. The van der Waals surface area contributed by atoms with Crippen molar-refractivity contribution in [3.05, 3.63) is 29.8 Å². The highest BCUT2D eigenvalue weighted by molar-refractivity contribution is 5.98. The van der Waals surface area contributed by atoms with Crippen LogP contribution in [-0.4, -0.2) is 40.4 Å². The molecule has 2 atom stereocenters. The van der Waals surface area contributed by atoms with Crippen molar-refractivity contribution in [1.29, 1.82) is 0 Å². The molecule has 0 aromatic heterocycles. The first-order valence-electron chi connectivity index (χ1n) is 7.33. The van der Waals surface area contributed by atoms with Crippen LogP contribution in [0.2, 0.25) is 0 Å². The van der Waals surface area contributed by atoms with E-state index < -0.39 is 12.0 Å². The average Bonchev–Trinajstić information content (AvgIpc) is 2.92. The maximum atomic E-state index is 12.4. The van der Waals surface area contributed by atoms with Crippen molar-refractivity contribution < 1.29 is 19.5 Å². The predicted octanol–water partition coefficient (Wildman–Crippen LogP) is 1.97. The molecule has 0 aliphatic carbocycles. The van der Waals surface area contributed by atoms with Crippen molar-refractivity contribution in [2.45, 2.75) is 32.7 Å². The van der Waals surface area contributed by atoms with Crippen molar-refractivity contribution in [1.82, 2.24) is 4.90 Å². The van der Waals surface area contributed by atoms with Gasteiger partial charge >= 0.3 is 5.97 Å². The van der Waals surface area contributed by atoms with Crippen LogP contribution in [-0.2, 0) is 9.59 Å². The summed E-state index contributed by atoms with van der Waals surface area (Å²) in [5, 5.41) is 11.7. The number of benzene rings is 1. The van der Waals surface area contributed by atoms with Gasteiger partial charge in [-0.3, -0.25) is 9.59 Å². The zero-order valence-corrected chi connectivity index (χ0v) is 12.7. The van der Waals surface area contributed by atoms with Gasteiger partial charge in [0.05, 0.1) is 5.56 Å². The first-order chi connectivity index (χ1) is 10.4. The number of rotatable bonds is 4. The topological polar surface area (TPSA) is 86.7 Å². The van der Waals surface area contributed by atoms with Crippen LogP contribution in [0.25, 0.3) is 0 Å². The fourth-order valence-electron chi connectivity index (χ4n) is 2.77. The quantitative estimate of drug-likeness (QED) is 0.890. The van der Waals surface area contributed by atoms with Gasteiger partial charge < -0.3 is 15.3 Å². The first-order valence-corrected chi connectivity index (χ1v) is 7.33. The molecular formula is C16H20N2O4. The highest BCUT2D eigenvalue weighted by atomic mass is 16.4. The second kappa shape index (κ2) is 6.60. The number of anilines is 1. The zero-order chi connectivity index (χ0) is 16.3. The van der Waals surface area contributed by atoms with Crippen LogP contribution >= 0.6 is 0 Å². The van der Waals surface area contributed by atoms with E-state index in [1.165, 1.54) is 19.1 Å². The molecule has 0 saturated carbocycles. The number of nitrogens with one attached hydrogen (secondary N) is 1. The number of carbonyl (C=O) groups is 3. The van der Waals surface area contributed by atoms with Gasteiger partial charge in [-0.25, -0.2) is 4.79 Å². The first kappa shape index (κ1) is 16.0. The molecule has 0 spiro atoms. The van der Waals surface area contributed by atoms with Gasteiger partial charge in [0.15, 0.2) is 0 Å². The number of likely N-dealkylation sites (tertiary alicyclic amines) is 1. The Balaban J connectivity index is 2.12. The molecule has 1 fully saturated rings. The van der Waals surface area contributed by atoms with Crippen LogP contribution in [0.1, 0.15) is 37.0 Å². The van der Waals surface area contributed by atoms with Gasteiger partial charge in [-0.2, -0.15) is 0 Å². The van der Waals surface area contributed by atoms with E-state index in [1.54, 1.807) is 17.0 Å². The van der Waals surface area contributed by atoms with E-state index in [1.807, 2.05) is 6.92 Å². The summed E-state index contributed by atoms with van der Waals surface area (Å²) in [6.45, 7) is 4.10. The molecule has 1 aromatic carbocycles. The van der Waals surface area contributed by atoms with E-state index in [0.717, 1.165) is 6.42 Å². The van der Waals surface area contributed by atoms with Crippen LogP contribution < -0.4 is 5.32 Å². The molecule has 118 valence electrons. The third-order valence-electron chi connectivity index (χ3n) is 4.05. The van der Waals surface area contributed by atoms with Crippen molar-refractivity contribution in [3.8, 4) is 0 Å². The van der Waals surface area contributed by atoms with Crippen LogP contribution in [0.5, 0.6) is 0 Å². The normalized spacial score (nSPS) is 20.7. The third-order valence-corrected chi connectivity index (χ3v) is 4.05. The fourth-order valence-corrected chi connectivity index (χ4v) is 2.77. The Hall–Kier alpha value is -2.37. The molecule has 1 aromatic rings. The standard InChI is InChI=1S/C16H20N2O4/c1-3-11-7-14(18(9-11)10(2)19)15(20)17-13-6-4-5-12(8-13)16(21)22/h4-6,8,11,14H,3,7,9H2,1-2H3,(H,17,20)(H,21,22). The maximum absolute atomic E-state index is 12.4. The van der Waals surface area contributed by atoms with Gasteiger partial charge in [-0.15, -0.1) is 0 Å². The van der Waals surface area contributed by atoms with E-state index in [0.29, 0.717) is 24.6 Å². The number of aromatic carboxylic acids is 1. The summed E-state index contributed by atoms with van der Waals surface area (Å²) in [7, 11) is 0.